The zero-order valence-electron chi connectivity index (χ0n) is 14.3. The minimum absolute atomic E-state index is 0.884. The van der Waals surface area contributed by atoms with Gasteiger partial charge in [-0.25, -0.2) is 0 Å². The SMILES string of the molecule is CN(C)CCCNCCN1CCC(N2CCCCC2)CC1. The molecule has 2 aliphatic rings. The Labute approximate surface area is 131 Å². The van der Waals surface area contributed by atoms with Gasteiger partial charge in [0.1, 0.15) is 0 Å². The van der Waals surface area contributed by atoms with Crippen LogP contribution in [0.25, 0.3) is 0 Å². The van der Waals surface area contributed by atoms with Crippen LogP contribution in [0.2, 0.25) is 0 Å². The second-order valence-corrected chi connectivity index (χ2v) is 7.08. The van der Waals surface area contributed by atoms with E-state index < -0.39 is 0 Å². The quantitative estimate of drug-likeness (QED) is 0.685. The Balaban J connectivity index is 1.49. The fourth-order valence-corrected chi connectivity index (χ4v) is 3.67. The van der Waals surface area contributed by atoms with Gasteiger partial charge in [0.05, 0.1) is 0 Å². The van der Waals surface area contributed by atoms with Gasteiger partial charge in [-0.15, -0.1) is 0 Å². The van der Waals surface area contributed by atoms with E-state index in [1.807, 2.05) is 0 Å². The largest absolute Gasteiger partial charge is 0.315 e. The first-order chi connectivity index (χ1) is 10.3. The normalized spacial score (nSPS) is 23.0. The van der Waals surface area contributed by atoms with Gasteiger partial charge in [-0.2, -0.15) is 0 Å². The molecule has 2 aliphatic heterocycles. The van der Waals surface area contributed by atoms with Gasteiger partial charge in [-0.3, -0.25) is 0 Å². The minimum atomic E-state index is 0.884. The van der Waals surface area contributed by atoms with E-state index in [1.54, 1.807) is 0 Å². The minimum Gasteiger partial charge on any atom is -0.315 e. The summed E-state index contributed by atoms with van der Waals surface area (Å²) in [6, 6.07) is 0.884. The molecule has 21 heavy (non-hydrogen) atoms. The van der Waals surface area contributed by atoms with Gasteiger partial charge in [0.2, 0.25) is 0 Å². The van der Waals surface area contributed by atoms with Gasteiger partial charge >= 0.3 is 0 Å². The van der Waals surface area contributed by atoms with Crippen LogP contribution in [0.1, 0.15) is 38.5 Å². The number of nitrogens with one attached hydrogen (secondary N) is 1. The molecule has 0 aromatic carbocycles. The Morgan fingerprint density at radius 2 is 1.67 bits per heavy atom. The molecule has 2 heterocycles. The van der Waals surface area contributed by atoms with E-state index in [4.69, 9.17) is 0 Å². The molecule has 124 valence electrons. The molecule has 4 heteroatoms. The van der Waals surface area contributed by atoms with Crippen molar-refractivity contribution in [2.45, 2.75) is 44.6 Å². The summed E-state index contributed by atoms with van der Waals surface area (Å²) in [5.74, 6) is 0. The molecule has 0 bridgehead atoms. The molecule has 0 saturated carbocycles. The lowest BCUT2D eigenvalue weighted by Crippen LogP contribution is -2.47. The summed E-state index contributed by atoms with van der Waals surface area (Å²) in [4.78, 5) is 7.67. The Morgan fingerprint density at radius 1 is 0.952 bits per heavy atom. The molecule has 0 aromatic heterocycles. The Hall–Kier alpha value is -0.160. The second-order valence-electron chi connectivity index (χ2n) is 7.08. The van der Waals surface area contributed by atoms with Gasteiger partial charge in [0.15, 0.2) is 0 Å². The molecule has 0 radical (unpaired) electrons. The average molecular weight is 297 g/mol. The van der Waals surface area contributed by atoms with Crippen molar-refractivity contribution >= 4 is 0 Å². The van der Waals surface area contributed by atoms with Crippen LogP contribution in [0.15, 0.2) is 0 Å². The highest BCUT2D eigenvalue weighted by Gasteiger charge is 2.25. The van der Waals surface area contributed by atoms with E-state index in [-0.39, 0.29) is 0 Å². The zero-order chi connectivity index (χ0) is 14.9. The van der Waals surface area contributed by atoms with Crippen LogP contribution in [-0.2, 0) is 0 Å². The lowest BCUT2D eigenvalue weighted by molar-refractivity contribution is 0.0930. The van der Waals surface area contributed by atoms with Crippen molar-refractivity contribution in [1.82, 2.24) is 20.0 Å². The fraction of sp³-hybridized carbons (Fsp3) is 1.00. The van der Waals surface area contributed by atoms with E-state index in [0.717, 1.165) is 19.1 Å². The summed E-state index contributed by atoms with van der Waals surface area (Å²) in [7, 11) is 4.29. The number of rotatable bonds is 8. The summed E-state index contributed by atoms with van der Waals surface area (Å²) in [6.07, 6.45) is 8.34. The van der Waals surface area contributed by atoms with Gasteiger partial charge < -0.3 is 20.0 Å². The van der Waals surface area contributed by atoms with E-state index in [9.17, 15) is 0 Å². The number of piperidine rings is 2. The van der Waals surface area contributed by atoms with Crippen LogP contribution < -0.4 is 5.32 Å². The van der Waals surface area contributed by atoms with Gasteiger partial charge in [0.25, 0.3) is 0 Å². The van der Waals surface area contributed by atoms with Crippen molar-refractivity contribution < 1.29 is 0 Å². The molecule has 1 N–H and O–H groups in total. The summed E-state index contributed by atoms with van der Waals surface area (Å²) in [6.45, 7) is 10.1. The van der Waals surface area contributed by atoms with Gasteiger partial charge in [0, 0.05) is 19.1 Å². The molecule has 0 amide bonds. The highest BCUT2D eigenvalue weighted by molar-refractivity contribution is 4.81. The fourth-order valence-electron chi connectivity index (χ4n) is 3.67. The molecule has 2 saturated heterocycles. The molecule has 2 fully saturated rings. The van der Waals surface area contributed by atoms with Crippen molar-refractivity contribution in [2.75, 3.05) is 66.5 Å². The summed E-state index contributed by atoms with van der Waals surface area (Å²) in [5.41, 5.74) is 0. The molecule has 4 nitrogen and oxygen atoms in total. The lowest BCUT2D eigenvalue weighted by Gasteiger charge is -2.40. The monoisotopic (exact) mass is 296 g/mol. The molecular formula is C17H36N4. The summed E-state index contributed by atoms with van der Waals surface area (Å²) in [5, 5.41) is 3.58. The molecular weight excluding hydrogens is 260 g/mol. The third kappa shape index (κ3) is 6.64. The highest BCUT2D eigenvalue weighted by Crippen LogP contribution is 2.20. The maximum Gasteiger partial charge on any atom is 0.0120 e. The van der Waals surface area contributed by atoms with Crippen LogP contribution in [-0.4, -0.2) is 87.2 Å². The maximum absolute atomic E-state index is 3.58. The van der Waals surface area contributed by atoms with Crippen molar-refractivity contribution in [3.05, 3.63) is 0 Å². The Morgan fingerprint density at radius 3 is 2.33 bits per heavy atom. The summed E-state index contributed by atoms with van der Waals surface area (Å²) < 4.78 is 0. The second kappa shape index (κ2) is 9.78. The molecule has 0 aliphatic carbocycles. The van der Waals surface area contributed by atoms with Gasteiger partial charge in [-0.05, 0) is 85.5 Å². The van der Waals surface area contributed by atoms with Crippen molar-refractivity contribution in [3.63, 3.8) is 0 Å². The number of hydrogen-bond acceptors (Lipinski definition) is 4. The van der Waals surface area contributed by atoms with Crippen molar-refractivity contribution in [1.29, 1.82) is 0 Å². The number of nitrogens with zero attached hydrogens (tertiary/aromatic N) is 3. The first-order valence-electron chi connectivity index (χ1n) is 9.07. The standard InChI is InChI=1S/C17H36N4/c1-19(2)11-6-9-18-10-16-20-14-7-17(8-15-20)21-12-4-3-5-13-21/h17-18H,3-16H2,1-2H3. The van der Waals surface area contributed by atoms with Crippen LogP contribution in [0, 0.1) is 0 Å². The third-order valence-electron chi connectivity index (χ3n) is 5.03. The third-order valence-corrected chi connectivity index (χ3v) is 5.03. The van der Waals surface area contributed by atoms with Crippen molar-refractivity contribution in [3.8, 4) is 0 Å². The van der Waals surface area contributed by atoms with E-state index in [0.29, 0.717) is 0 Å². The topological polar surface area (TPSA) is 21.8 Å². The van der Waals surface area contributed by atoms with Crippen LogP contribution in [0.5, 0.6) is 0 Å². The average Bonchev–Trinajstić information content (AvgIpc) is 2.52. The van der Waals surface area contributed by atoms with Crippen LogP contribution >= 0.6 is 0 Å². The maximum atomic E-state index is 3.58. The predicted molar refractivity (Wildman–Crippen MR) is 90.9 cm³/mol. The molecule has 0 spiro atoms. The first-order valence-corrected chi connectivity index (χ1v) is 9.07. The lowest BCUT2D eigenvalue weighted by atomic mass is 10.00. The molecule has 0 unspecified atom stereocenters. The molecule has 0 atom stereocenters. The first kappa shape index (κ1) is 17.2. The Bertz CT molecular complexity index is 256. The zero-order valence-corrected chi connectivity index (χ0v) is 14.3. The van der Waals surface area contributed by atoms with E-state index >= 15 is 0 Å². The smallest absolute Gasteiger partial charge is 0.0120 e. The van der Waals surface area contributed by atoms with E-state index in [2.05, 4.69) is 34.1 Å². The Kier molecular flexibility index (Phi) is 8.01. The van der Waals surface area contributed by atoms with Crippen LogP contribution in [0.3, 0.4) is 0 Å². The molecule has 2 rings (SSSR count). The summed E-state index contributed by atoms with van der Waals surface area (Å²) >= 11 is 0. The number of likely N-dealkylation sites (tertiary alicyclic amines) is 2. The van der Waals surface area contributed by atoms with Crippen LogP contribution in [0.4, 0.5) is 0 Å². The van der Waals surface area contributed by atoms with E-state index in [1.165, 1.54) is 77.8 Å². The van der Waals surface area contributed by atoms with Crippen molar-refractivity contribution in [2.24, 2.45) is 0 Å². The molecule has 0 aromatic rings. The highest BCUT2D eigenvalue weighted by atomic mass is 15.2. The van der Waals surface area contributed by atoms with Gasteiger partial charge in [-0.1, -0.05) is 6.42 Å². The number of hydrogen-bond donors (Lipinski definition) is 1. The predicted octanol–water partition coefficient (Wildman–Crippen LogP) is 1.48.